The zero-order valence-electron chi connectivity index (χ0n) is 37.7. The summed E-state index contributed by atoms with van der Waals surface area (Å²) in [5, 5.41) is 22.7. The molecule has 0 aliphatic rings. The normalized spacial score (nSPS) is 11.4. The molecule has 2 N–H and O–H groups in total. The van der Waals surface area contributed by atoms with Crippen molar-refractivity contribution in [2.24, 2.45) is 0 Å². The van der Waals surface area contributed by atoms with Gasteiger partial charge in [-0.25, -0.2) is 8.42 Å². The quantitative estimate of drug-likeness (QED) is 0.0291. The average Bonchev–Trinajstić information content (AvgIpc) is 3.23. The second-order valence-corrected chi connectivity index (χ2v) is 18.9. The summed E-state index contributed by atoms with van der Waals surface area (Å²) in [5.74, 6) is 0.164. The Morgan fingerprint density at radius 3 is 1.22 bits per heavy atom. The first kappa shape index (κ1) is 56.3. The van der Waals surface area contributed by atoms with Crippen molar-refractivity contribution >= 4 is 58.0 Å². The summed E-state index contributed by atoms with van der Waals surface area (Å²) in [6.07, 6.45) is 27.1. The number of aromatic hydroxyl groups is 1. The predicted molar refractivity (Wildman–Crippen MR) is 251 cm³/mol. The molecule has 344 valence electrons. The number of hydrogen-bond donors (Lipinski definition) is 2. The Morgan fingerprint density at radius 2 is 0.841 bits per heavy atom. The molecule has 0 fully saturated rings. The summed E-state index contributed by atoms with van der Waals surface area (Å²) in [5.41, 5.74) is 0.702. The Labute approximate surface area is 408 Å². The van der Waals surface area contributed by atoms with E-state index in [2.05, 4.69) is 13.8 Å². The standard InChI is InChI=1S/2C25H36O5S.Ca/c2*1-2-3-4-5-6-7-8-9-10-11-13-16-21-19-23(26)24(20-25(21)31(27,28)29)30-22-17-14-12-15-18-22;/h2*12,14-15,17-20,26H,2-11,13,16H2,1H3,(H,27,28,29);/q;;+2/p-2. The van der Waals surface area contributed by atoms with Crippen LogP contribution in [-0.4, -0.2) is 68.8 Å². The zero-order chi connectivity index (χ0) is 45.1. The third kappa shape index (κ3) is 23.3. The number of para-hydroxylation sites is 2. The number of benzene rings is 4. The fraction of sp³-hybridized carbons (Fsp3) is 0.520. The van der Waals surface area contributed by atoms with Gasteiger partial charge in [0.1, 0.15) is 32.3 Å². The Bertz CT molecular complexity index is 1910. The van der Waals surface area contributed by atoms with Gasteiger partial charge in [0.2, 0.25) is 0 Å². The van der Waals surface area contributed by atoms with Gasteiger partial charge in [0.25, 0.3) is 10.1 Å². The SMILES string of the molecule is CCCCCCCCCCCCCc1cc(O)c(Oc2ccccc2)cc1S(=O)(=O)O.CCCCCCCCCCCCCc1cc([O-])c(Oc2ccccc2)cc1S(=O)(=O)[O-].[Ca+2]. The van der Waals surface area contributed by atoms with Crippen LogP contribution >= 0.6 is 0 Å². The van der Waals surface area contributed by atoms with Crippen molar-refractivity contribution in [1.29, 1.82) is 0 Å². The van der Waals surface area contributed by atoms with Crippen LogP contribution in [0.2, 0.25) is 0 Å². The smallest absolute Gasteiger partial charge is 0.870 e. The summed E-state index contributed by atoms with van der Waals surface area (Å²) in [4.78, 5) is -0.562. The molecule has 0 aliphatic carbocycles. The van der Waals surface area contributed by atoms with Gasteiger partial charge in [-0.15, -0.1) is 0 Å². The number of phenolic OH excluding ortho intramolecular Hbond substituents is 1. The Kier molecular flexibility index (Phi) is 28.5. The van der Waals surface area contributed by atoms with Gasteiger partial charge in [0.15, 0.2) is 11.5 Å². The molecule has 10 nitrogen and oxygen atoms in total. The molecule has 0 radical (unpaired) electrons. The Hall–Kier alpha value is -2.84. The fourth-order valence-electron chi connectivity index (χ4n) is 7.39. The molecule has 63 heavy (non-hydrogen) atoms. The van der Waals surface area contributed by atoms with E-state index in [9.17, 15) is 36.2 Å². The molecule has 0 heterocycles. The number of hydrogen-bond acceptors (Lipinski definition) is 9. The average molecular weight is 935 g/mol. The van der Waals surface area contributed by atoms with Gasteiger partial charge >= 0.3 is 37.7 Å². The first-order chi connectivity index (χ1) is 29.8. The number of rotatable bonds is 30. The van der Waals surface area contributed by atoms with Gasteiger partial charge in [-0.05, 0) is 73.2 Å². The minimum atomic E-state index is -4.70. The van der Waals surface area contributed by atoms with E-state index in [0.29, 0.717) is 29.9 Å². The molecule has 0 unspecified atom stereocenters. The van der Waals surface area contributed by atoms with E-state index in [0.717, 1.165) is 51.0 Å². The molecule has 0 saturated carbocycles. The summed E-state index contributed by atoms with van der Waals surface area (Å²) in [7, 11) is -9.12. The van der Waals surface area contributed by atoms with Crippen LogP contribution in [0.25, 0.3) is 0 Å². The molecule has 0 atom stereocenters. The molecular weight excluding hydrogens is 865 g/mol. The largest absolute Gasteiger partial charge is 2.00 e. The predicted octanol–water partition coefficient (Wildman–Crippen LogP) is 13.2. The summed E-state index contributed by atoms with van der Waals surface area (Å²) < 4.78 is 79.8. The van der Waals surface area contributed by atoms with Crippen LogP contribution in [0.15, 0.2) is 94.7 Å². The second kappa shape index (κ2) is 31.9. The monoisotopic (exact) mass is 934 g/mol. The van der Waals surface area contributed by atoms with E-state index < -0.39 is 26.0 Å². The van der Waals surface area contributed by atoms with Crippen molar-refractivity contribution in [3.05, 3.63) is 96.1 Å². The van der Waals surface area contributed by atoms with Crippen LogP contribution in [-0.2, 0) is 33.1 Å². The molecule has 4 aromatic rings. The molecule has 0 bridgehead atoms. The van der Waals surface area contributed by atoms with Crippen molar-refractivity contribution in [1.82, 2.24) is 0 Å². The molecule has 4 rings (SSSR count). The van der Waals surface area contributed by atoms with Crippen molar-refractivity contribution in [2.45, 2.75) is 178 Å². The molecule has 0 spiro atoms. The zero-order valence-corrected chi connectivity index (χ0v) is 41.6. The fourth-order valence-corrected chi connectivity index (χ4v) is 8.87. The molecule has 0 aromatic heterocycles. The second-order valence-electron chi connectivity index (χ2n) is 16.2. The van der Waals surface area contributed by atoms with Gasteiger partial charge in [0, 0.05) is 6.07 Å². The number of ether oxygens (including phenoxy) is 2. The third-order valence-corrected chi connectivity index (χ3v) is 12.7. The molecular formula is C50H70CaO10S2. The van der Waals surface area contributed by atoms with Crippen LogP contribution in [0.5, 0.6) is 34.5 Å². The van der Waals surface area contributed by atoms with Crippen LogP contribution in [0.1, 0.15) is 166 Å². The minimum Gasteiger partial charge on any atom is -0.870 e. The topological polar surface area (TPSA) is 173 Å². The maximum Gasteiger partial charge on any atom is 2.00 e. The van der Waals surface area contributed by atoms with Gasteiger partial charge < -0.3 is 24.2 Å². The van der Waals surface area contributed by atoms with E-state index in [1.807, 2.05) is 6.07 Å². The summed E-state index contributed by atoms with van der Waals surface area (Å²) in [6.45, 7) is 4.45. The van der Waals surface area contributed by atoms with Gasteiger partial charge in [-0.3, -0.25) is 4.55 Å². The first-order valence-electron chi connectivity index (χ1n) is 22.9. The maximum atomic E-state index is 12.4. The third-order valence-electron chi connectivity index (χ3n) is 10.9. The van der Waals surface area contributed by atoms with Gasteiger partial charge in [-0.1, -0.05) is 190 Å². The number of aryl methyl sites for hydroxylation is 2. The van der Waals surface area contributed by atoms with E-state index in [1.165, 1.54) is 115 Å². The number of unbranched alkanes of at least 4 members (excludes halogenated alkanes) is 20. The number of phenols is 1. The maximum absolute atomic E-state index is 12.4. The Morgan fingerprint density at radius 1 is 0.492 bits per heavy atom. The molecule has 0 saturated heterocycles. The summed E-state index contributed by atoms with van der Waals surface area (Å²) in [6, 6.07) is 22.3. The van der Waals surface area contributed by atoms with Gasteiger partial charge in [0.05, 0.1) is 4.90 Å². The molecule has 13 heteroatoms. The van der Waals surface area contributed by atoms with Gasteiger partial charge in [-0.2, -0.15) is 8.42 Å². The molecule has 0 amide bonds. The van der Waals surface area contributed by atoms with Crippen LogP contribution in [0.4, 0.5) is 0 Å². The minimum absolute atomic E-state index is 0. The van der Waals surface area contributed by atoms with Crippen LogP contribution in [0, 0.1) is 0 Å². The van der Waals surface area contributed by atoms with Crippen molar-refractivity contribution in [3.8, 4) is 34.5 Å². The van der Waals surface area contributed by atoms with E-state index in [4.69, 9.17) is 9.47 Å². The van der Waals surface area contributed by atoms with E-state index in [-0.39, 0.29) is 70.3 Å². The van der Waals surface area contributed by atoms with E-state index >= 15 is 0 Å². The molecule has 4 aromatic carbocycles. The van der Waals surface area contributed by atoms with Crippen molar-refractivity contribution in [3.63, 3.8) is 0 Å². The Balaban J connectivity index is 0.000000427. The van der Waals surface area contributed by atoms with Crippen LogP contribution in [0.3, 0.4) is 0 Å². The van der Waals surface area contributed by atoms with Crippen molar-refractivity contribution in [2.75, 3.05) is 0 Å². The molecule has 0 aliphatic heterocycles. The first-order valence-corrected chi connectivity index (χ1v) is 25.8. The summed E-state index contributed by atoms with van der Waals surface area (Å²) >= 11 is 0. The van der Waals surface area contributed by atoms with Crippen LogP contribution < -0.4 is 14.6 Å². The van der Waals surface area contributed by atoms with E-state index in [1.54, 1.807) is 54.6 Å². The van der Waals surface area contributed by atoms with Crippen molar-refractivity contribution < 1.29 is 45.6 Å².